The maximum atomic E-state index is 11.9. The van der Waals surface area contributed by atoms with Gasteiger partial charge in [0.25, 0.3) is 0 Å². The first-order valence-corrected chi connectivity index (χ1v) is 5.82. The van der Waals surface area contributed by atoms with Gasteiger partial charge < -0.3 is 9.47 Å². The Kier molecular flexibility index (Phi) is 5.09. The van der Waals surface area contributed by atoms with Crippen LogP contribution >= 0.6 is 0 Å². The average molecular weight is 214 g/mol. The third-order valence-corrected chi connectivity index (χ3v) is 3.46. The normalized spacial score (nSPS) is 20.7. The molecular weight excluding hydrogens is 192 g/mol. The number of esters is 1. The van der Waals surface area contributed by atoms with E-state index < -0.39 is 0 Å². The van der Waals surface area contributed by atoms with Crippen LogP contribution in [0, 0.1) is 5.41 Å². The minimum Gasteiger partial charge on any atom is -0.469 e. The van der Waals surface area contributed by atoms with Gasteiger partial charge in [-0.1, -0.05) is 25.7 Å². The Balaban J connectivity index is 2.68. The molecule has 0 aromatic rings. The molecule has 0 aromatic heterocycles. The molecule has 3 nitrogen and oxygen atoms in total. The van der Waals surface area contributed by atoms with Gasteiger partial charge in [0, 0.05) is 13.7 Å². The van der Waals surface area contributed by atoms with Crippen molar-refractivity contribution in [3.8, 4) is 0 Å². The summed E-state index contributed by atoms with van der Waals surface area (Å²) in [5.41, 5.74) is -0.263. The molecule has 0 spiro atoms. The molecule has 1 saturated carbocycles. The van der Waals surface area contributed by atoms with E-state index in [1.807, 2.05) is 0 Å². The lowest BCUT2D eigenvalue weighted by molar-refractivity contribution is -0.155. The van der Waals surface area contributed by atoms with Gasteiger partial charge in [0.15, 0.2) is 0 Å². The second kappa shape index (κ2) is 6.11. The zero-order valence-electron chi connectivity index (χ0n) is 9.88. The Labute approximate surface area is 92.1 Å². The summed E-state index contributed by atoms with van der Waals surface area (Å²) in [5, 5.41) is 0. The maximum absolute atomic E-state index is 11.9. The molecule has 0 amide bonds. The third kappa shape index (κ3) is 3.20. The SMILES string of the molecule is COCCC1(C(=O)OC)CCCCCC1. The van der Waals surface area contributed by atoms with Crippen molar-refractivity contribution < 1.29 is 14.3 Å². The summed E-state index contributed by atoms with van der Waals surface area (Å²) < 4.78 is 10.0. The molecule has 0 atom stereocenters. The Morgan fingerprint density at radius 3 is 2.20 bits per heavy atom. The standard InChI is InChI=1S/C12H22O3/c1-14-10-9-12(11(13)15-2)7-5-3-4-6-8-12/h3-10H2,1-2H3. The first kappa shape index (κ1) is 12.5. The van der Waals surface area contributed by atoms with Gasteiger partial charge >= 0.3 is 5.97 Å². The van der Waals surface area contributed by atoms with Crippen LogP contribution in [0.3, 0.4) is 0 Å². The number of carbonyl (C=O) groups excluding carboxylic acids is 1. The summed E-state index contributed by atoms with van der Waals surface area (Å²) >= 11 is 0. The minimum atomic E-state index is -0.263. The highest BCUT2D eigenvalue weighted by molar-refractivity contribution is 5.76. The van der Waals surface area contributed by atoms with E-state index in [1.54, 1.807) is 7.11 Å². The van der Waals surface area contributed by atoms with Gasteiger partial charge in [-0.25, -0.2) is 0 Å². The van der Waals surface area contributed by atoms with E-state index in [2.05, 4.69) is 0 Å². The van der Waals surface area contributed by atoms with Crippen molar-refractivity contribution in [3.63, 3.8) is 0 Å². The predicted octanol–water partition coefficient (Wildman–Crippen LogP) is 2.54. The van der Waals surface area contributed by atoms with Crippen molar-refractivity contribution in [2.24, 2.45) is 5.41 Å². The lowest BCUT2D eigenvalue weighted by atomic mass is 9.77. The van der Waals surface area contributed by atoms with Crippen LogP contribution in [0.1, 0.15) is 44.9 Å². The number of ether oxygens (including phenoxy) is 2. The summed E-state index contributed by atoms with van der Waals surface area (Å²) in [5.74, 6) is -0.0403. The van der Waals surface area contributed by atoms with E-state index in [-0.39, 0.29) is 11.4 Å². The summed E-state index contributed by atoms with van der Waals surface area (Å²) in [7, 11) is 3.17. The molecule has 0 N–H and O–H groups in total. The summed E-state index contributed by atoms with van der Waals surface area (Å²) in [6.45, 7) is 0.648. The third-order valence-electron chi connectivity index (χ3n) is 3.46. The smallest absolute Gasteiger partial charge is 0.311 e. The van der Waals surface area contributed by atoms with Crippen molar-refractivity contribution in [1.29, 1.82) is 0 Å². The van der Waals surface area contributed by atoms with Crippen LogP contribution in [0.5, 0.6) is 0 Å². The molecule has 0 aliphatic heterocycles. The second-order valence-corrected chi connectivity index (χ2v) is 4.43. The van der Waals surface area contributed by atoms with E-state index in [4.69, 9.17) is 9.47 Å². The molecule has 0 aromatic carbocycles. The van der Waals surface area contributed by atoms with Crippen LogP contribution in [-0.2, 0) is 14.3 Å². The fraction of sp³-hybridized carbons (Fsp3) is 0.917. The van der Waals surface area contributed by atoms with Crippen molar-refractivity contribution in [1.82, 2.24) is 0 Å². The number of carbonyl (C=O) groups is 1. The molecule has 0 bridgehead atoms. The first-order valence-electron chi connectivity index (χ1n) is 5.82. The Morgan fingerprint density at radius 2 is 1.73 bits per heavy atom. The monoisotopic (exact) mass is 214 g/mol. The summed E-state index contributed by atoms with van der Waals surface area (Å²) in [4.78, 5) is 11.9. The lowest BCUT2D eigenvalue weighted by Gasteiger charge is -2.29. The van der Waals surface area contributed by atoms with Crippen LogP contribution in [0.4, 0.5) is 0 Å². The Bertz CT molecular complexity index is 193. The highest BCUT2D eigenvalue weighted by atomic mass is 16.5. The largest absolute Gasteiger partial charge is 0.469 e. The average Bonchev–Trinajstić information content (AvgIpc) is 2.51. The second-order valence-electron chi connectivity index (χ2n) is 4.43. The van der Waals surface area contributed by atoms with Gasteiger partial charge in [0.05, 0.1) is 12.5 Å². The molecule has 1 fully saturated rings. The van der Waals surface area contributed by atoms with Gasteiger partial charge in [-0.2, -0.15) is 0 Å². The number of hydrogen-bond acceptors (Lipinski definition) is 3. The lowest BCUT2D eigenvalue weighted by Crippen LogP contribution is -2.33. The van der Waals surface area contributed by atoms with E-state index >= 15 is 0 Å². The quantitative estimate of drug-likeness (QED) is 0.533. The van der Waals surface area contributed by atoms with Gasteiger partial charge in [-0.15, -0.1) is 0 Å². The highest BCUT2D eigenvalue weighted by Crippen LogP contribution is 2.39. The molecular formula is C12H22O3. The number of methoxy groups -OCH3 is 2. The van der Waals surface area contributed by atoms with Crippen LogP contribution < -0.4 is 0 Å². The van der Waals surface area contributed by atoms with Gasteiger partial charge in [0.2, 0.25) is 0 Å². The maximum Gasteiger partial charge on any atom is 0.311 e. The molecule has 1 aliphatic carbocycles. The number of hydrogen-bond donors (Lipinski definition) is 0. The predicted molar refractivity (Wildman–Crippen MR) is 58.6 cm³/mol. The van der Waals surface area contributed by atoms with Gasteiger partial charge in [-0.05, 0) is 19.3 Å². The van der Waals surface area contributed by atoms with Crippen molar-refractivity contribution >= 4 is 5.97 Å². The van der Waals surface area contributed by atoms with Gasteiger partial charge in [0.1, 0.15) is 0 Å². The van der Waals surface area contributed by atoms with Crippen LogP contribution in [0.25, 0.3) is 0 Å². The fourth-order valence-corrected chi connectivity index (χ4v) is 2.48. The number of rotatable bonds is 4. The van der Waals surface area contributed by atoms with E-state index in [0.717, 1.165) is 32.1 Å². The molecule has 0 unspecified atom stereocenters. The Hall–Kier alpha value is -0.570. The van der Waals surface area contributed by atoms with E-state index in [1.165, 1.54) is 20.0 Å². The molecule has 1 aliphatic rings. The molecule has 0 saturated heterocycles. The highest BCUT2D eigenvalue weighted by Gasteiger charge is 2.39. The zero-order chi connectivity index (χ0) is 11.1. The molecule has 88 valence electrons. The van der Waals surface area contributed by atoms with Crippen LogP contribution in [-0.4, -0.2) is 26.8 Å². The molecule has 0 radical (unpaired) electrons. The topological polar surface area (TPSA) is 35.5 Å². The van der Waals surface area contributed by atoms with Crippen molar-refractivity contribution in [2.45, 2.75) is 44.9 Å². The summed E-state index contributed by atoms with van der Waals surface area (Å²) in [6, 6.07) is 0. The van der Waals surface area contributed by atoms with E-state index in [0.29, 0.717) is 6.61 Å². The molecule has 3 heteroatoms. The zero-order valence-corrected chi connectivity index (χ0v) is 9.88. The van der Waals surface area contributed by atoms with Crippen molar-refractivity contribution in [2.75, 3.05) is 20.8 Å². The van der Waals surface area contributed by atoms with Gasteiger partial charge in [-0.3, -0.25) is 4.79 Å². The van der Waals surface area contributed by atoms with E-state index in [9.17, 15) is 4.79 Å². The molecule has 1 rings (SSSR count). The fourth-order valence-electron chi connectivity index (χ4n) is 2.48. The minimum absolute atomic E-state index is 0.0403. The molecule has 0 heterocycles. The summed E-state index contributed by atoms with van der Waals surface area (Å²) in [6.07, 6.45) is 7.48. The van der Waals surface area contributed by atoms with Crippen molar-refractivity contribution in [3.05, 3.63) is 0 Å². The van der Waals surface area contributed by atoms with Crippen LogP contribution in [0.15, 0.2) is 0 Å². The Morgan fingerprint density at radius 1 is 1.13 bits per heavy atom. The molecule has 15 heavy (non-hydrogen) atoms. The van der Waals surface area contributed by atoms with Crippen LogP contribution in [0.2, 0.25) is 0 Å². The first-order chi connectivity index (χ1) is 7.25.